The van der Waals surface area contributed by atoms with E-state index in [2.05, 4.69) is 10.3 Å². The van der Waals surface area contributed by atoms with Gasteiger partial charge in [0.25, 0.3) is 5.91 Å². The first kappa shape index (κ1) is 18.5. The van der Waals surface area contributed by atoms with Crippen LogP contribution < -0.4 is 28.1 Å². The van der Waals surface area contributed by atoms with Crippen molar-refractivity contribution >= 4 is 17.8 Å². The van der Waals surface area contributed by atoms with E-state index >= 15 is 0 Å². The van der Waals surface area contributed by atoms with E-state index in [9.17, 15) is 9.59 Å². The van der Waals surface area contributed by atoms with Crippen LogP contribution in [0.1, 0.15) is 33.6 Å². The van der Waals surface area contributed by atoms with Gasteiger partial charge in [-0.3, -0.25) is 20.0 Å². The largest absolute Gasteiger partial charge is 0.370 e. The van der Waals surface area contributed by atoms with Gasteiger partial charge in [-0.2, -0.15) is 0 Å². The molecule has 0 aliphatic carbocycles. The molecule has 0 bridgehead atoms. The van der Waals surface area contributed by atoms with Gasteiger partial charge in [0.2, 0.25) is 5.91 Å². The number of hydrogen-bond acceptors (Lipinski definition) is 4. The lowest BCUT2D eigenvalue weighted by Crippen LogP contribution is -2.48. The fourth-order valence-electron chi connectivity index (χ4n) is 1.12. The standard InChI is InChI=1S/C8H18N6O2.C2H6/c1-5(15)13-6(7(16)14-11)3-2-4-12-8(9)10;1-2/h6H,2-4,11H2,1H3,(H,13,15)(H,14,16)(H4,9,10,12);1-2H3. The first-order valence-electron chi connectivity index (χ1n) is 5.80. The molecule has 18 heavy (non-hydrogen) atoms. The second kappa shape index (κ2) is 11.6. The highest BCUT2D eigenvalue weighted by Crippen LogP contribution is 1.98. The van der Waals surface area contributed by atoms with Gasteiger partial charge in [0.15, 0.2) is 5.96 Å². The van der Waals surface area contributed by atoms with Crippen molar-refractivity contribution in [3.05, 3.63) is 0 Å². The Labute approximate surface area is 107 Å². The summed E-state index contributed by atoms with van der Waals surface area (Å²) in [6.07, 6.45) is 0.982. The number of nitrogens with two attached hydrogens (primary N) is 3. The van der Waals surface area contributed by atoms with Crippen LogP contribution in [0, 0.1) is 0 Å². The second-order valence-corrected chi connectivity index (χ2v) is 3.21. The zero-order valence-electron chi connectivity index (χ0n) is 11.2. The summed E-state index contributed by atoms with van der Waals surface area (Å²) in [6, 6.07) is -0.656. The second-order valence-electron chi connectivity index (χ2n) is 3.21. The van der Waals surface area contributed by atoms with Crippen LogP contribution in [0.15, 0.2) is 4.99 Å². The summed E-state index contributed by atoms with van der Waals surface area (Å²) in [4.78, 5) is 25.8. The van der Waals surface area contributed by atoms with Gasteiger partial charge in [-0.1, -0.05) is 13.8 Å². The van der Waals surface area contributed by atoms with Crippen LogP contribution in [0.25, 0.3) is 0 Å². The van der Waals surface area contributed by atoms with Crippen LogP contribution in [0.5, 0.6) is 0 Å². The summed E-state index contributed by atoms with van der Waals surface area (Å²) in [5.41, 5.74) is 12.3. The minimum absolute atomic E-state index is 0.000599. The van der Waals surface area contributed by atoms with E-state index < -0.39 is 11.9 Å². The molecule has 2 amide bonds. The van der Waals surface area contributed by atoms with Gasteiger partial charge in [-0.05, 0) is 12.8 Å². The predicted molar refractivity (Wildman–Crippen MR) is 71.2 cm³/mol. The summed E-state index contributed by atoms with van der Waals surface area (Å²) < 4.78 is 0. The highest BCUT2D eigenvalue weighted by molar-refractivity contribution is 5.86. The van der Waals surface area contributed by atoms with Crippen molar-refractivity contribution in [3.8, 4) is 0 Å². The number of carbonyl (C=O) groups is 2. The Morgan fingerprint density at radius 1 is 1.28 bits per heavy atom. The molecule has 0 aliphatic heterocycles. The molecule has 1 atom stereocenters. The van der Waals surface area contributed by atoms with E-state index in [-0.39, 0.29) is 11.9 Å². The van der Waals surface area contributed by atoms with E-state index in [4.69, 9.17) is 17.3 Å². The molecule has 0 saturated carbocycles. The zero-order valence-corrected chi connectivity index (χ0v) is 11.2. The highest BCUT2D eigenvalue weighted by Gasteiger charge is 2.17. The van der Waals surface area contributed by atoms with Crippen molar-refractivity contribution in [1.29, 1.82) is 0 Å². The summed E-state index contributed by atoms with van der Waals surface area (Å²) in [6.45, 7) is 5.73. The SMILES string of the molecule is CC.CC(=O)NC(CCCN=C(N)N)C(=O)NN. The molecular weight excluding hydrogens is 236 g/mol. The Balaban J connectivity index is 0. The topological polar surface area (TPSA) is 149 Å². The van der Waals surface area contributed by atoms with E-state index in [0.29, 0.717) is 19.4 Å². The van der Waals surface area contributed by atoms with Crippen LogP contribution in [-0.2, 0) is 9.59 Å². The third-order valence-corrected chi connectivity index (χ3v) is 1.78. The van der Waals surface area contributed by atoms with E-state index in [1.54, 1.807) is 0 Å². The molecule has 0 spiro atoms. The fraction of sp³-hybridized carbons (Fsp3) is 0.700. The quantitative estimate of drug-likeness (QED) is 0.0990. The number of nitrogens with zero attached hydrogens (tertiary/aromatic N) is 1. The third kappa shape index (κ3) is 10.7. The molecule has 0 aromatic heterocycles. The van der Waals surface area contributed by atoms with Gasteiger partial charge in [0, 0.05) is 13.5 Å². The maximum atomic E-state index is 11.2. The lowest BCUT2D eigenvalue weighted by molar-refractivity contribution is -0.128. The van der Waals surface area contributed by atoms with Crippen LogP contribution >= 0.6 is 0 Å². The fourth-order valence-corrected chi connectivity index (χ4v) is 1.12. The van der Waals surface area contributed by atoms with Gasteiger partial charge < -0.3 is 16.8 Å². The summed E-state index contributed by atoms with van der Waals surface area (Å²) >= 11 is 0. The number of rotatable bonds is 6. The Bertz CT molecular complexity index is 276. The first-order chi connectivity index (χ1) is 8.47. The van der Waals surface area contributed by atoms with Crippen molar-refractivity contribution in [2.24, 2.45) is 22.3 Å². The third-order valence-electron chi connectivity index (χ3n) is 1.78. The average Bonchev–Trinajstić information content (AvgIpc) is 2.33. The minimum Gasteiger partial charge on any atom is -0.370 e. The molecule has 0 saturated heterocycles. The number of nitrogens with one attached hydrogen (secondary N) is 2. The Hall–Kier alpha value is -1.83. The monoisotopic (exact) mass is 260 g/mol. The molecule has 8 heteroatoms. The summed E-state index contributed by atoms with van der Waals surface area (Å²) in [5, 5.41) is 2.48. The normalized spacial score (nSPS) is 10.4. The molecule has 0 radical (unpaired) electrons. The molecule has 0 aromatic rings. The highest BCUT2D eigenvalue weighted by atomic mass is 16.2. The smallest absolute Gasteiger partial charge is 0.256 e. The molecule has 0 rings (SSSR count). The van der Waals surface area contributed by atoms with Gasteiger partial charge in [-0.25, -0.2) is 5.84 Å². The number of amides is 2. The van der Waals surface area contributed by atoms with Gasteiger partial charge >= 0.3 is 0 Å². The average molecular weight is 260 g/mol. The summed E-state index contributed by atoms with van der Waals surface area (Å²) in [5.74, 6) is 4.24. The van der Waals surface area contributed by atoms with Crippen molar-refractivity contribution in [1.82, 2.24) is 10.7 Å². The van der Waals surface area contributed by atoms with Crippen LogP contribution in [0.2, 0.25) is 0 Å². The maximum absolute atomic E-state index is 11.2. The maximum Gasteiger partial charge on any atom is 0.256 e. The Morgan fingerprint density at radius 3 is 2.22 bits per heavy atom. The number of carbonyl (C=O) groups excluding carboxylic acids is 2. The van der Waals surface area contributed by atoms with Gasteiger partial charge in [0.05, 0.1) is 0 Å². The van der Waals surface area contributed by atoms with Crippen molar-refractivity contribution in [2.75, 3.05) is 6.54 Å². The molecule has 0 heterocycles. The molecule has 0 aromatic carbocycles. The summed E-state index contributed by atoms with van der Waals surface area (Å²) in [7, 11) is 0. The van der Waals surface area contributed by atoms with E-state index in [0.717, 1.165) is 0 Å². The molecule has 8 nitrogen and oxygen atoms in total. The molecular formula is C10H24N6O2. The van der Waals surface area contributed by atoms with E-state index in [1.807, 2.05) is 19.3 Å². The van der Waals surface area contributed by atoms with Crippen LogP contribution in [-0.4, -0.2) is 30.4 Å². The molecule has 106 valence electrons. The van der Waals surface area contributed by atoms with Gasteiger partial charge in [0.1, 0.15) is 6.04 Å². The van der Waals surface area contributed by atoms with Crippen molar-refractivity contribution in [2.45, 2.75) is 39.7 Å². The van der Waals surface area contributed by atoms with Crippen molar-refractivity contribution in [3.63, 3.8) is 0 Å². The minimum atomic E-state index is -0.656. The predicted octanol–water partition coefficient (Wildman–Crippen LogP) is -1.44. The lowest BCUT2D eigenvalue weighted by Gasteiger charge is -2.15. The first-order valence-corrected chi connectivity index (χ1v) is 5.80. The molecule has 1 unspecified atom stereocenters. The molecule has 0 fully saturated rings. The Morgan fingerprint density at radius 2 is 1.83 bits per heavy atom. The number of guanidine groups is 1. The van der Waals surface area contributed by atoms with Gasteiger partial charge in [-0.15, -0.1) is 0 Å². The number of aliphatic imine (C=N–C) groups is 1. The van der Waals surface area contributed by atoms with Crippen LogP contribution in [0.3, 0.4) is 0 Å². The number of hydrogen-bond donors (Lipinski definition) is 5. The van der Waals surface area contributed by atoms with Crippen molar-refractivity contribution < 1.29 is 9.59 Å². The van der Waals surface area contributed by atoms with E-state index in [1.165, 1.54) is 6.92 Å². The molecule has 8 N–H and O–H groups in total. The zero-order chi connectivity index (χ0) is 14.6. The molecule has 0 aliphatic rings. The lowest BCUT2D eigenvalue weighted by atomic mass is 10.1. The number of hydrazine groups is 1. The Kier molecular flexibility index (Phi) is 12.0. The van der Waals surface area contributed by atoms with Crippen LogP contribution in [0.4, 0.5) is 0 Å².